The number of phenols is 1. The Balaban J connectivity index is 1.72. The van der Waals surface area contributed by atoms with Crippen molar-refractivity contribution in [1.82, 2.24) is 0 Å². The summed E-state index contributed by atoms with van der Waals surface area (Å²) in [4.78, 5) is -3.16. The highest BCUT2D eigenvalue weighted by Crippen LogP contribution is 2.57. The van der Waals surface area contributed by atoms with Crippen molar-refractivity contribution in [2.75, 3.05) is 0 Å². The molecule has 0 atom stereocenters. The van der Waals surface area contributed by atoms with Gasteiger partial charge in [-0.05, 0) is 70.8 Å². The van der Waals surface area contributed by atoms with Crippen LogP contribution in [0.1, 0.15) is 0 Å². The van der Waals surface area contributed by atoms with Gasteiger partial charge in [-0.15, -0.1) is 0 Å². The van der Waals surface area contributed by atoms with E-state index in [0.29, 0.717) is 0 Å². The van der Waals surface area contributed by atoms with E-state index in [9.17, 15) is 74.6 Å². The van der Waals surface area contributed by atoms with Crippen LogP contribution in [0.25, 0.3) is 55.6 Å². The summed E-state index contributed by atoms with van der Waals surface area (Å²) >= 11 is 0. The Morgan fingerprint density at radius 1 is 0.324 bits per heavy atom. The highest BCUT2D eigenvalue weighted by atomic mass is 32.2. The van der Waals surface area contributed by atoms with Gasteiger partial charge in [0.2, 0.25) is 17.4 Å². The summed E-state index contributed by atoms with van der Waals surface area (Å²) in [5.74, 6) is -24.7. The monoisotopic (exact) mass is 1030 g/mol. The quantitative estimate of drug-likeness (QED) is 0.0460. The summed E-state index contributed by atoms with van der Waals surface area (Å²) in [6.07, 6.45) is 0. The highest BCUT2D eigenvalue weighted by molar-refractivity contribution is 7.86. The Labute approximate surface area is 378 Å². The number of phenolic OH excluding ortho intramolecular Hbond substituents is 1. The summed E-state index contributed by atoms with van der Waals surface area (Å²) in [6, 6.07) is 12.6. The number of hydrogen-bond acceptors (Lipinski definition) is 10. The fourth-order valence-corrected chi connectivity index (χ4v) is 8.84. The minimum atomic E-state index is -5.01. The number of hydrogen-bond donors (Lipinski definition) is 5. The molecule has 0 fully saturated rings. The average Bonchev–Trinajstić information content (AvgIpc) is 3.26. The van der Waals surface area contributed by atoms with Gasteiger partial charge in [0.15, 0.2) is 34.9 Å². The minimum Gasteiger partial charge on any atom is -0.507 e. The van der Waals surface area contributed by atoms with Crippen molar-refractivity contribution in [3.05, 3.63) is 150 Å². The molecule has 5 N–H and O–H groups in total. The van der Waals surface area contributed by atoms with Gasteiger partial charge in [-0.1, -0.05) is 48.5 Å². The Hall–Kier alpha value is -6.78. The first-order valence-corrected chi connectivity index (χ1v) is 23.9. The number of benzene rings is 7. The molecular formula is C42H22F8O14S4. The molecule has 68 heavy (non-hydrogen) atoms. The molecule has 354 valence electrons. The van der Waals surface area contributed by atoms with Crippen molar-refractivity contribution in [3.8, 4) is 72.9 Å². The third kappa shape index (κ3) is 9.01. The maximum Gasteiger partial charge on any atom is 0.294 e. The summed E-state index contributed by atoms with van der Waals surface area (Å²) < 4.78 is 264. The lowest BCUT2D eigenvalue weighted by molar-refractivity contribution is 0.368. The van der Waals surface area contributed by atoms with E-state index in [1.807, 2.05) is 0 Å². The van der Waals surface area contributed by atoms with E-state index in [-0.39, 0.29) is 17.2 Å². The molecule has 0 heterocycles. The Morgan fingerprint density at radius 2 is 0.574 bits per heavy atom. The summed E-state index contributed by atoms with van der Waals surface area (Å²) in [6.45, 7) is 0. The maximum atomic E-state index is 16.5. The molecule has 14 nitrogen and oxygen atoms in total. The Morgan fingerprint density at radius 3 is 0.838 bits per heavy atom. The van der Waals surface area contributed by atoms with Crippen molar-refractivity contribution in [1.29, 1.82) is 0 Å². The molecule has 26 heteroatoms. The highest BCUT2D eigenvalue weighted by Gasteiger charge is 2.36. The van der Waals surface area contributed by atoms with Crippen LogP contribution >= 0.6 is 0 Å². The largest absolute Gasteiger partial charge is 0.507 e. The molecule has 0 aliphatic rings. The van der Waals surface area contributed by atoms with Gasteiger partial charge in [0.25, 0.3) is 40.5 Å². The van der Waals surface area contributed by atoms with Crippen LogP contribution in [-0.2, 0) is 40.5 Å². The normalized spacial score (nSPS) is 12.4. The zero-order valence-electron chi connectivity index (χ0n) is 32.9. The third-order valence-electron chi connectivity index (χ3n) is 9.98. The van der Waals surface area contributed by atoms with Gasteiger partial charge in [-0.3, -0.25) is 18.2 Å². The molecule has 0 bridgehead atoms. The Bertz CT molecular complexity index is 3480. The molecule has 0 aliphatic heterocycles. The predicted molar refractivity (Wildman–Crippen MR) is 221 cm³/mol. The van der Waals surface area contributed by atoms with Crippen molar-refractivity contribution in [2.45, 2.75) is 19.6 Å². The maximum absolute atomic E-state index is 16.5. The van der Waals surface area contributed by atoms with Crippen LogP contribution in [0.5, 0.6) is 17.2 Å². The minimum absolute atomic E-state index is 0.356. The van der Waals surface area contributed by atoms with Gasteiger partial charge >= 0.3 is 0 Å². The number of rotatable bonds is 11. The van der Waals surface area contributed by atoms with Gasteiger partial charge in [-0.2, -0.15) is 42.5 Å². The first-order chi connectivity index (χ1) is 31.5. The van der Waals surface area contributed by atoms with Crippen molar-refractivity contribution < 1.29 is 96.8 Å². The van der Waals surface area contributed by atoms with E-state index in [2.05, 4.69) is 0 Å². The van der Waals surface area contributed by atoms with E-state index < -0.39 is 168 Å². The topological polar surface area (TPSA) is 247 Å². The van der Waals surface area contributed by atoms with Gasteiger partial charge in [0.1, 0.15) is 11.5 Å². The van der Waals surface area contributed by atoms with E-state index >= 15 is 17.6 Å². The van der Waals surface area contributed by atoms with Crippen LogP contribution in [0.15, 0.2) is 123 Å². The SMILES string of the molecule is O=S(=O)(O)c1ccc(-c2c(O)c(-c3ccc(S(=O)(=O)O)cc3)c(-c3ccc(S(=O)(=O)O)cc3)c(Oc3c(F)c(F)c(-c4c(F)c(F)cc(F)c4F)c(F)c3F)c2-c2ccc(S(=O)(=O)O)cc2)cc1. The molecule has 0 saturated carbocycles. The molecule has 7 aromatic carbocycles. The van der Waals surface area contributed by atoms with Gasteiger partial charge in [-0.25, -0.2) is 26.3 Å². The van der Waals surface area contributed by atoms with Crippen LogP contribution in [-0.4, -0.2) is 57.0 Å². The lowest BCUT2D eigenvalue weighted by Gasteiger charge is -2.26. The summed E-state index contributed by atoms with van der Waals surface area (Å²) in [5.41, 5.74) is -8.94. The summed E-state index contributed by atoms with van der Waals surface area (Å²) in [5, 5.41) is 12.5. The van der Waals surface area contributed by atoms with E-state index in [1.165, 1.54) is 0 Å². The molecule has 7 rings (SSSR count). The zero-order valence-corrected chi connectivity index (χ0v) is 36.1. The van der Waals surface area contributed by atoms with Crippen LogP contribution in [0.4, 0.5) is 35.1 Å². The molecule has 0 saturated heterocycles. The smallest absolute Gasteiger partial charge is 0.294 e. The van der Waals surface area contributed by atoms with E-state index in [0.717, 1.165) is 97.1 Å². The van der Waals surface area contributed by atoms with Gasteiger partial charge in [0, 0.05) is 28.3 Å². The average molecular weight is 1030 g/mol. The first kappa shape index (κ1) is 49.1. The molecule has 0 aliphatic carbocycles. The van der Waals surface area contributed by atoms with Crippen LogP contribution in [0.2, 0.25) is 0 Å². The van der Waals surface area contributed by atoms with Crippen LogP contribution in [0, 0.1) is 46.5 Å². The number of aromatic hydroxyl groups is 1. The zero-order chi connectivity index (χ0) is 50.2. The molecule has 0 unspecified atom stereocenters. The second-order valence-electron chi connectivity index (χ2n) is 14.1. The number of ether oxygens (including phenoxy) is 1. The first-order valence-electron chi connectivity index (χ1n) is 18.1. The second kappa shape index (κ2) is 17.4. The lowest BCUT2D eigenvalue weighted by atomic mass is 9.83. The molecular weight excluding hydrogens is 1010 g/mol. The molecule has 0 aromatic heterocycles. The third-order valence-corrected chi connectivity index (χ3v) is 13.5. The number of halogens is 8. The fourth-order valence-electron chi connectivity index (χ4n) is 6.92. The van der Waals surface area contributed by atoms with Gasteiger partial charge in [0.05, 0.1) is 30.7 Å². The molecule has 0 amide bonds. The van der Waals surface area contributed by atoms with Crippen LogP contribution in [0.3, 0.4) is 0 Å². The standard InChI is InChI=1S/C42H22F8O14S4/c43-26-17-27(44)35(46)32(34(26)45)33-36(47)38(49)42(39(50)37(33)48)64-41-30(20-5-13-24(14-6-20)67(58,59)60)28(18-1-9-22(10-2-18)65(52,53)54)40(51)29(19-3-11-23(12-4-19)66(55,56)57)31(41)21-7-15-25(16-8-21)68(61,62)63/h1-17,51H,(H,52,53,54)(H,55,56,57)(H,58,59,60)(H,61,62,63). The summed E-state index contributed by atoms with van der Waals surface area (Å²) in [7, 11) is -19.9. The van der Waals surface area contributed by atoms with E-state index in [4.69, 9.17) is 4.74 Å². The fraction of sp³-hybridized carbons (Fsp3) is 0. The Kier molecular flexibility index (Phi) is 12.6. The van der Waals surface area contributed by atoms with E-state index in [1.54, 1.807) is 0 Å². The lowest BCUT2D eigenvalue weighted by Crippen LogP contribution is -2.09. The second-order valence-corrected chi connectivity index (χ2v) is 19.8. The van der Waals surface area contributed by atoms with Crippen molar-refractivity contribution >= 4 is 40.5 Å². The molecule has 0 radical (unpaired) electrons. The van der Waals surface area contributed by atoms with Crippen molar-refractivity contribution in [3.63, 3.8) is 0 Å². The van der Waals surface area contributed by atoms with Gasteiger partial charge < -0.3 is 9.84 Å². The molecule has 7 aromatic rings. The van der Waals surface area contributed by atoms with Crippen LogP contribution < -0.4 is 4.74 Å². The predicted octanol–water partition coefficient (Wildman–Crippen LogP) is 9.62. The van der Waals surface area contributed by atoms with Crippen molar-refractivity contribution in [2.24, 2.45) is 0 Å². The molecule has 0 spiro atoms.